The molecule has 0 aliphatic carbocycles. The van der Waals surface area contributed by atoms with E-state index < -0.39 is 24.0 Å². The molecule has 1 saturated heterocycles. The van der Waals surface area contributed by atoms with Gasteiger partial charge in [0.1, 0.15) is 6.10 Å². The summed E-state index contributed by atoms with van der Waals surface area (Å²) in [7, 11) is 0. The molecule has 2 aromatic rings. The van der Waals surface area contributed by atoms with Crippen molar-refractivity contribution < 1.29 is 19.0 Å². The molecule has 0 N–H and O–H groups in total. The first-order valence-corrected chi connectivity index (χ1v) is 7.75. The van der Waals surface area contributed by atoms with Crippen molar-refractivity contribution in [3.8, 4) is 0 Å². The molecule has 0 aromatic heterocycles. The van der Waals surface area contributed by atoms with Crippen LogP contribution in [0.3, 0.4) is 0 Å². The lowest BCUT2D eigenvalue weighted by Crippen LogP contribution is -2.41. The Hall–Kier alpha value is -2.17. The van der Waals surface area contributed by atoms with Crippen molar-refractivity contribution >= 4 is 5.97 Å². The Morgan fingerprint density at radius 3 is 2.17 bits per heavy atom. The predicted octanol–water partition coefficient (Wildman–Crippen LogP) is 3.80. The third kappa shape index (κ3) is 3.00. The van der Waals surface area contributed by atoms with E-state index in [-0.39, 0.29) is 0 Å². The van der Waals surface area contributed by atoms with Crippen LogP contribution in [0, 0.1) is 0 Å². The smallest absolute Gasteiger partial charge is 0.341 e. The fourth-order valence-electron chi connectivity index (χ4n) is 2.78. The SMILES string of the molecule is CCOC(=O)[C@]1(C)O[C@H](c2ccccc2)O[C@@H]1c1ccccc1. The van der Waals surface area contributed by atoms with Gasteiger partial charge in [-0.05, 0) is 19.4 Å². The summed E-state index contributed by atoms with van der Waals surface area (Å²) in [6.45, 7) is 3.81. The number of carbonyl (C=O) groups excluding carboxylic acids is 1. The molecule has 1 fully saturated rings. The van der Waals surface area contributed by atoms with Gasteiger partial charge in [-0.1, -0.05) is 60.7 Å². The monoisotopic (exact) mass is 312 g/mol. The van der Waals surface area contributed by atoms with Crippen LogP contribution in [0.15, 0.2) is 60.7 Å². The van der Waals surface area contributed by atoms with Crippen LogP contribution in [0.5, 0.6) is 0 Å². The van der Waals surface area contributed by atoms with Gasteiger partial charge in [-0.25, -0.2) is 4.79 Å². The van der Waals surface area contributed by atoms with Crippen molar-refractivity contribution in [3.05, 3.63) is 71.8 Å². The predicted molar refractivity (Wildman–Crippen MR) is 85.6 cm³/mol. The average Bonchev–Trinajstić information content (AvgIpc) is 2.96. The molecule has 0 bridgehead atoms. The topological polar surface area (TPSA) is 44.8 Å². The zero-order valence-corrected chi connectivity index (χ0v) is 13.3. The maximum Gasteiger partial charge on any atom is 0.341 e. The summed E-state index contributed by atoms with van der Waals surface area (Å²) in [6, 6.07) is 19.2. The molecule has 23 heavy (non-hydrogen) atoms. The minimum atomic E-state index is -1.18. The fourth-order valence-corrected chi connectivity index (χ4v) is 2.78. The molecule has 3 atom stereocenters. The average molecular weight is 312 g/mol. The van der Waals surface area contributed by atoms with Crippen molar-refractivity contribution in [2.45, 2.75) is 31.8 Å². The fraction of sp³-hybridized carbons (Fsp3) is 0.316. The molecule has 4 nitrogen and oxygen atoms in total. The van der Waals surface area contributed by atoms with E-state index in [2.05, 4.69) is 0 Å². The van der Waals surface area contributed by atoms with Gasteiger partial charge in [-0.2, -0.15) is 0 Å². The number of hydrogen-bond donors (Lipinski definition) is 0. The van der Waals surface area contributed by atoms with Gasteiger partial charge in [0.25, 0.3) is 0 Å². The second-order valence-corrected chi connectivity index (χ2v) is 5.61. The van der Waals surface area contributed by atoms with Crippen molar-refractivity contribution in [2.75, 3.05) is 6.61 Å². The third-order valence-corrected chi connectivity index (χ3v) is 3.97. The van der Waals surface area contributed by atoms with E-state index in [1.165, 1.54) is 0 Å². The zero-order chi connectivity index (χ0) is 16.3. The Kier molecular flexibility index (Phi) is 4.46. The van der Waals surface area contributed by atoms with Gasteiger partial charge in [-0.15, -0.1) is 0 Å². The van der Waals surface area contributed by atoms with Crippen molar-refractivity contribution in [3.63, 3.8) is 0 Å². The molecule has 1 aliphatic rings. The van der Waals surface area contributed by atoms with Gasteiger partial charge in [0.15, 0.2) is 11.9 Å². The Balaban J connectivity index is 1.96. The second-order valence-electron chi connectivity index (χ2n) is 5.61. The highest BCUT2D eigenvalue weighted by atomic mass is 16.8. The summed E-state index contributed by atoms with van der Waals surface area (Å²) in [5.74, 6) is -0.410. The molecule has 0 saturated carbocycles. The molecule has 3 rings (SSSR count). The number of ether oxygens (including phenoxy) is 3. The van der Waals surface area contributed by atoms with Crippen LogP contribution in [0.4, 0.5) is 0 Å². The summed E-state index contributed by atoms with van der Waals surface area (Å²) < 4.78 is 17.3. The summed E-state index contributed by atoms with van der Waals surface area (Å²) in [6.07, 6.45) is -1.12. The highest BCUT2D eigenvalue weighted by Crippen LogP contribution is 2.47. The van der Waals surface area contributed by atoms with Crippen LogP contribution in [-0.4, -0.2) is 18.2 Å². The van der Waals surface area contributed by atoms with Crippen LogP contribution in [-0.2, 0) is 19.0 Å². The molecule has 1 aliphatic heterocycles. The van der Waals surface area contributed by atoms with Gasteiger partial charge in [0, 0.05) is 5.56 Å². The number of rotatable bonds is 4. The quantitative estimate of drug-likeness (QED) is 0.806. The van der Waals surface area contributed by atoms with E-state index in [9.17, 15) is 4.79 Å². The number of benzene rings is 2. The normalized spacial score (nSPS) is 26.9. The second kappa shape index (κ2) is 6.52. The Morgan fingerprint density at radius 1 is 1.04 bits per heavy atom. The number of esters is 1. The first-order valence-electron chi connectivity index (χ1n) is 7.75. The first kappa shape index (κ1) is 15.7. The lowest BCUT2D eigenvalue weighted by atomic mass is 9.93. The molecule has 0 unspecified atom stereocenters. The van der Waals surface area contributed by atoms with E-state index in [4.69, 9.17) is 14.2 Å². The van der Waals surface area contributed by atoms with E-state index in [1.807, 2.05) is 60.7 Å². The van der Waals surface area contributed by atoms with E-state index in [0.717, 1.165) is 11.1 Å². The third-order valence-electron chi connectivity index (χ3n) is 3.97. The molecule has 2 aromatic carbocycles. The summed E-state index contributed by atoms with van der Waals surface area (Å²) in [5, 5.41) is 0. The van der Waals surface area contributed by atoms with Crippen LogP contribution in [0.1, 0.15) is 37.4 Å². The van der Waals surface area contributed by atoms with Gasteiger partial charge in [-0.3, -0.25) is 0 Å². The first-order chi connectivity index (χ1) is 11.1. The van der Waals surface area contributed by atoms with E-state index in [1.54, 1.807) is 13.8 Å². The Bertz CT molecular complexity index is 656. The zero-order valence-electron chi connectivity index (χ0n) is 13.3. The maximum atomic E-state index is 12.5. The molecule has 0 spiro atoms. The highest BCUT2D eigenvalue weighted by molar-refractivity contribution is 5.80. The maximum absolute atomic E-state index is 12.5. The minimum Gasteiger partial charge on any atom is -0.464 e. The summed E-state index contributed by atoms with van der Waals surface area (Å²) >= 11 is 0. The van der Waals surface area contributed by atoms with E-state index in [0.29, 0.717) is 6.61 Å². The Labute approximate surface area is 136 Å². The van der Waals surface area contributed by atoms with Gasteiger partial charge in [0.2, 0.25) is 0 Å². The number of hydrogen-bond acceptors (Lipinski definition) is 4. The number of carbonyl (C=O) groups is 1. The molecule has 120 valence electrons. The van der Waals surface area contributed by atoms with Crippen LogP contribution < -0.4 is 0 Å². The molecule has 0 radical (unpaired) electrons. The molecule has 0 amide bonds. The highest BCUT2D eigenvalue weighted by Gasteiger charge is 2.54. The van der Waals surface area contributed by atoms with Crippen molar-refractivity contribution in [1.29, 1.82) is 0 Å². The standard InChI is InChI=1S/C19H20O4/c1-3-21-18(20)19(2)16(14-10-6-4-7-11-14)22-17(23-19)15-12-8-5-9-13-15/h4-13,16-17H,3H2,1-2H3/t16-,17-,19-/m1/s1. The summed E-state index contributed by atoms with van der Waals surface area (Å²) in [5.41, 5.74) is 0.584. The lowest BCUT2D eigenvalue weighted by molar-refractivity contribution is -0.170. The summed E-state index contributed by atoms with van der Waals surface area (Å²) in [4.78, 5) is 12.5. The minimum absolute atomic E-state index is 0.301. The molecule has 4 heteroatoms. The van der Waals surface area contributed by atoms with Gasteiger partial charge in [0.05, 0.1) is 6.61 Å². The lowest BCUT2D eigenvalue weighted by Gasteiger charge is -2.26. The van der Waals surface area contributed by atoms with Crippen LogP contribution >= 0.6 is 0 Å². The Morgan fingerprint density at radius 2 is 1.61 bits per heavy atom. The van der Waals surface area contributed by atoms with Crippen molar-refractivity contribution in [2.24, 2.45) is 0 Å². The van der Waals surface area contributed by atoms with Crippen LogP contribution in [0.2, 0.25) is 0 Å². The van der Waals surface area contributed by atoms with Crippen LogP contribution in [0.25, 0.3) is 0 Å². The van der Waals surface area contributed by atoms with Gasteiger partial charge < -0.3 is 14.2 Å². The van der Waals surface area contributed by atoms with Crippen molar-refractivity contribution in [1.82, 2.24) is 0 Å². The van der Waals surface area contributed by atoms with Gasteiger partial charge >= 0.3 is 5.97 Å². The molecule has 1 heterocycles. The molecular formula is C19H20O4. The van der Waals surface area contributed by atoms with E-state index >= 15 is 0 Å². The molecular weight excluding hydrogens is 292 g/mol. The largest absolute Gasteiger partial charge is 0.464 e.